The van der Waals surface area contributed by atoms with Crippen LogP contribution in [0.2, 0.25) is 0 Å². The van der Waals surface area contributed by atoms with E-state index in [4.69, 9.17) is 14.2 Å². The molecule has 0 aliphatic carbocycles. The van der Waals surface area contributed by atoms with Crippen LogP contribution < -0.4 is 9.47 Å². The van der Waals surface area contributed by atoms with Gasteiger partial charge >= 0.3 is 0 Å². The second kappa shape index (κ2) is 9.06. The molecule has 2 aromatic rings. The van der Waals surface area contributed by atoms with Crippen LogP contribution in [-0.2, 0) is 16.1 Å². The summed E-state index contributed by atoms with van der Waals surface area (Å²) in [5.74, 6) is 1.04. The molecule has 1 amide bonds. The molecule has 7 heteroatoms. The Labute approximate surface area is 177 Å². The summed E-state index contributed by atoms with van der Waals surface area (Å²) in [6.45, 7) is 7.22. The molecule has 2 heterocycles. The molecule has 0 radical (unpaired) electrons. The van der Waals surface area contributed by atoms with Crippen molar-refractivity contribution in [3.05, 3.63) is 52.4 Å². The second-order valence-electron chi connectivity index (χ2n) is 7.52. The number of carbonyl (C=O) groups is 1. The Hall–Kier alpha value is -3.24. The van der Waals surface area contributed by atoms with Gasteiger partial charge in [0.1, 0.15) is 11.6 Å². The zero-order valence-electron chi connectivity index (χ0n) is 18.1. The second-order valence-corrected chi connectivity index (χ2v) is 7.52. The van der Waals surface area contributed by atoms with Crippen LogP contribution in [0.25, 0.3) is 6.08 Å². The quantitative estimate of drug-likeness (QED) is 0.516. The number of fused-ring (bicyclic) bond motifs is 1. The lowest BCUT2D eigenvalue weighted by Gasteiger charge is -2.18. The third-order valence-corrected chi connectivity index (χ3v) is 5.23. The van der Waals surface area contributed by atoms with Crippen molar-refractivity contribution in [2.24, 2.45) is 0 Å². The summed E-state index contributed by atoms with van der Waals surface area (Å²) < 4.78 is 18.1. The van der Waals surface area contributed by atoms with E-state index in [0.717, 1.165) is 22.5 Å². The van der Waals surface area contributed by atoms with E-state index in [-0.39, 0.29) is 24.3 Å². The number of aromatic nitrogens is 1. The number of nitriles is 1. The van der Waals surface area contributed by atoms with Gasteiger partial charge in [0, 0.05) is 32.1 Å². The van der Waals surface area contributed by atoms with Gasteiger partial charge < -0.3 is 23.7 Å². The smallest absolute Gasteiger partial charge is 0.264 e. The largest absolute Gasteiger partial charge is 0.454 e. The van der Waals surface area contributed by atoms with Crippen molar-refractivity contribution in [2.75, 3.05) is 27.6 Å². The Morgan fingerprint density at radius 3 is 2.77 bits per heavy atom. The fraction of sp³-hybridized carbons (Fsp3) is 0.391. The van der Waals surface area contributed by atoms with Crippen molar-refractivity contribution in [2.45, 2.75) is 33.4 Å². The van der Waals surface area contributed by atoms with E-state index in [0.29, 0.717) is 24.7 Å². The number of benzene rings is 1. The van der Waals surface area contributed by atoms with Gasteiger partial charge in [0.2, 0.25) is 6.79 Å². The predicted molar refractivity (Wildman–Crippen MR) is 113 cm³/mol. The molecule has 0 bridgehead atoms. The van der Waals surface area contributed by atoms with Crippen LogP contribution in [-0.4, -0.2) is 42.9 Å². The van der Waals surface area contributed by atoms with Crippen LogP contribution in [0.1, 0.15) is 35.5 Å². The maximum Gasteiger partial charge on any atom is 0.264 e. The average Bonchev–Trinajstić information content (AvgIpc) is 3.29. The van der Waals surface area contributed by atoms with Gasteiger partial charge in [0.25, 0.3) is 5.91 Å². The number of amides is 1. The van der Waals surface area contributed by atoms with Gasteiger partial charge in [-0.05, 0) is 56.2 Å². The Balaban J connectivity index is 1.80. The van der Waals surface area contributed by atoms with Gasteiger partial charge in [-0.1, -0.05) is 6.07 Å². The number of rotatable bonds is 7. The first kappa shape index (κ1) is 21.5. The molecule has 7 nitrogen and oxygen atoms in total. The number of ether oxygens (including phenoxy) is 3. The highest BCUT2D eigenvalue weighted by molar-refractivity contribution is 6.01. The number of hydrogen-bond acceptors (Lipinski definition) is 5. The lowest BCUT2D eigenvalue weighted by Crippen LogP contribution is -2.27. The molecule has 30 heavy (non-hydrogen) atoms. The van der Waals surface area contributed by atoms with Crippen LogP contribution >= 0.6 is 0 Å². The summed E-state index contributed by atoms with van der Waals surface area (Å²) in [7, 11) is 3.36. The van der Waals surface area contributed by atoms with Gasteiger partial charge in [0.05, 0.1) is 12.6 Å². The normalized spacial score (nSPS) is 13.8. The Kier molecular flexibility index (Phi) is 6.48. The topological polar surface area (TPSA) is 76.7 Å². The summed E-state index contributed by atoms with van der Waals surface area (Å²) in [6.07, 6.45) is 1.66. The summed E-state index contributed by atoms with van der Waals surface area (Å²) in [4.78, 5) is 14.4. The third kappa shape index (κ3) is 4.34. The first-order valence-electron chi connectivity index (χ1n) is 9.78. The highest BCUT2D eigenvalue weighted by Gasteiger charge is 2.19. The first-order valence-corrected chi connectivity index (χ1v) is 9.78. The molecule has 0 saturated carbocycles. The Morgan fingerprint density at radius 2 is 2.07 bits per heavy atom. The maximum absolute atomic E-state index is 12.9. The van der Waals surface area contributed by atoms with E-state index >= 15 is 0 Å². The van der Waals surface area contributed by atoms with Crippen molar-refractivity contribution in [3.63, 3.8) is 0 Å². The van der Waals surface area contributed by atoms with Crippen molar-refractivity contribution in [1.29, 1.82) is 5.26 Å². The molecular formula is C23H27N3O4. The predicted octanol–water partition coefficient (Wildman–Crippen LogP) is 3.61. The number of aryl methyl sites for hydroxylation is 1. The first-order chi connectivity index (χ1) is 14.3. The molecule has 3 rings (SSSR count). The van der Waals surface area contributed by atoms with Crippen LogP contribution in [0.5, 0.6) is 11.5 Å². The van der Waals surface area contributed by atoms with Gasteiger partial charge in [0.15, 0.2) is 11.5 Å². The van der Waals surface area contributed by atoms with E-state index in [1.54, 1.807) is 20.2 Å². The zero-order valence-corrected chi connectivity index (χ0v) is 18.1. The van der Waals surface area contributed by atoms with E-state index in [2.05, 4.69) is 17.6 Å². The SMILES string of the molecule is COCC(C)n1c(C)cc(/C=C(/C#N)C(=O)N(C)Cc2ccc3c(c2)OCO3)c1C. The van der Waals surface area contributed by atoms with Gasteiger partial charge in [-0.3, -0.25) is 4.79 Å². The summed E-state index contributed by atoms with van der Waals surface area (Å²) in [5, 5.41) is 9.63. The summed E-state index contributed by atoms with van der Waals surface area (Å²) in [6, 6.07) is 9.78. The zero-order chi connectivity index (χ0) is 21.8. The number of hydrogen-bond donors (Lipinski definition) is 0. The Bertz CT molecular complexity index is 1020. The number of nitrogens with zero attached hydrogens (tertiary/aromatic N) is 3. The minimum absolute atomic E-state index is 0.0953. The molecular weight excluding hydrogens is 382 g/mol. The van der Waals surface area contributed by atoms with Crippen molar-refractivity contribution < 1.29 is 19.0 Å². The van der Waals surface area contributed by atoms with E-state index in [1.807, 2.05) is 38.1 Å². The van der Waals surface area contributed by atoms with E-state index < -0.39 is 0 Å². The van der Waals surface area contributed by atoms with E-state index in [9.17, 15) is 10.1 Å². The molecule has 158 valence electrons. The van der Waals surface area contributed by atoms with Gasteiger partial charge in [-0.2, -0.15) is 5.26 Å². The minimum Gasteiger partial charge on any atom is -0.454 e. The van der Waals surface area contributed by atoms with Crippen LogP contribution in [0, 0.1) is 25.2 Å². The molecule has 0 saturated heterocycles. The van der Waals surface area contributed by atoms with Gasteiger partial charge in [-0.25, -0.2) is 0 Å². The van der Waals surface area contributed by atoms with Crippen molar-refractivity contribution >= 4 is 12.0 Å². The molecule has 1 unspecified atom stereocenters. The fourth-order valence-electron chi connectivity index (χ4n) is 3.83. The van der Waals surface area contributed by atoms with Crippen molar-refractivity contribution in [3.8, 4) is 17.6 Å². The summed E-state index contributed by atoms with van der Waals surface area (Å²) in [5.41, 5.74) is 3.91. The van der Waals surface area contributed by atoms with Crippen LogP contribution in [0.15, 0.2) is 29.8 Å². The lowest BCUT2D eigenvalue weighted by molar-refractivity contribution is -0.125. The van der Waals surface area contributed by atoms with Crippen molar-refractivity contribution in [1.82, 2.24) is 9.47 Å². The highest BCUT2D eigenvalue weighted by atomic mass is 16.7. The molecule has 0 fully saturated rings. The molecule has 1 aromatic carbocycles. The minimum atomic E-state index is -0.329. The van der Waals surface area contributed by atoms with Crippen LogP contribution in [0.3, 0.4) is 0 Å². The number of likely N-dealkylation sites (N-methyl/N-ethyl adjacent to an activating group) is 1. The Morgan fingerprint density at radius 1 is 1.33 bits per heavy atom. The molecule has 1 aliphatic heterocycles. The number of methoxy groups -OCH3 is 1. The molecule has 1 aromatic heterocycles. The number of carbonyl (C=O) groups excluding carboxylic acids is 1. The molecule has 1 aliphatic rings. The summed E-state index contributed by atoms with van der Waals surface area (Å²) >= 11 is 0. The maximum atomic E-state index is 12.9. The fourth-order valence-corrected chi connectivity index (χ4v) is 3.83. The molecule has 0 N–H and O–H groups in total. The van der Waals surface area contributed by atoms with Crippen LogP contribution in [0.4, 0.5) is 0 Å². The average molecular weight is 409 g/mol. The highest BCUT2D eigenvalue weighted by Crippen LogP contribution is 2.32. The monoisotopic (exact) mass is 409 g/mol. The lowest BCUT2D eigenvalue weighted by atomic mass is 10.1. The van der Waals surface area contributed by atoms with E-state index in [1.165, 1.54) is 4.90 Å². The van der Waals surface area contributed by atoms with Gasteiger partial charge in [-0.15, -0.1) is 0 Å². The standard InChI is InChI=1S/C23H27N3O4/c1-15-8-19(17(3)26(15)16(2)13-28-5)10-20(11-24)23(27)25(4)12-18-6-7-21-22(9-18)30-14-29-21/h6-10,16H,12-14H2,1-5H3/b20-10-. The third-order valence-electron chi connectivity index (χ3n) is 5.23. The molecule has 0 spiro atoms. The molecule has 1 atom stereocenters.